The van der Waals surface area contributed by atoms with E-state index in [-0.39, 0.29) is 30.2 Å². The Morgan fingerprint density at radius 2 is 2.15 bits per heavy atom. The third kappa shape index (κ3) is 3.23. The smallest absolute Gasteiger partial charge is 0.228 e. The van der Waals surface area contributed by atoms with Gasteiger partial charge in [-0.05, 0) is 19.9 Å². The maximum Gasteiger partial charge on any atom is 0.228 e. The van der Waals surface area contributed by atoms with Crippen LogP contribution in [0.25, 0.3) is 0 Å². The standard InChI is InChI=1S/C18H26N6O2/c1-5-24-16(25)11-14(17(24)15-12-20-22(4)13(15)2)18(26)21(3)9-10-23-8-6-7-19-23/h6-8,12,14,17H,5,9-11H2,1-4H3/t14-,17-/m0/s1. The molecular formula is C18H26N6O2. The highest BCUT2D eigenvalue weighted by molar-refractivity contribution is 5.90. The highest BCUT2D eigenvalue weighted by Crippen LogP contribution is 2.39. The molecule has 2 atom stereocenters. The Morgan fingerprint density at radius 1 is 1.38 bits per heavy atom. The summed E-state index contributed by atoms with van der Waals surface area (Å²) < 4.78 is 3.58. The molecule has 1 saturated heterocycles. The molecule has 0 unspecified atom stereocenters. The summed E-state index contributed by atoms with van der Waals surface area (Å²) >= 11 is 0. The molecule has 1 aliphatic rings. The van der Waals surface area contributed by atoms with Crippen LogP contribution in [-0.2, 0) is 23.2 Å². The summed E-state index contributed by atoms with van der Waals surface area (Å²) in [4.78, 5) is 29.1. The molecule has 3 heterocycles. The van der Waals surface area contributed by atoms with E-state index >= 15 is 0 Å². The van der Waals surface area contributed by atoms with Gasteiger partial charge >= 0.3 is 0 Å². The van der Waals surface area contributed by atoms with Crippen LogP contribution in [0.1, 0.15) is 30.6 Å². The average Bonchev–Trinajstić information content (AvgIpc) is 3.33. The maximum atomic E-state index is 13.1. The zero-order chi connectivity index (χ0) is 18.8. The quantitative estimate of drug-likeness (QED) is 0.772. The predicted octanol–water partition coefficient (Wildman–Crippen LogP) is 0.993. The molecule has 2 aromatic heterocycles. The Bertz CT molecular complexity index is 782. The van der Waals surface area contributed by atoms with E-state index in [4.69, 9.17) is 0 Å². The van der Waals surface area contributed by atoms with Crippen LogP contribution in [0.15, 0.2) is 24.7 Å². The van der Waals surface area contributed by atoms with Gasteiger partial charge in [-0.15, -0.1) is 0 Å². The van der Waals surface area contributed by atoms with Gasteiger partial charge in [-0.1, -0.05) is 0 Å². The molecule has 3 rings (SSSR count). The molecule has 0 aromatic carbocycles. The van der Waals surface area contributed by atoms with Crippen LogP contribution in [-0.4, -0.2) is 61.3 Å². The first-order valence-corrected chi connectivity index (χ1v) is 8.94. The fourth-order valence-electron chi connectivity index (χ4n) is 3.65. The number of likely N-dealkylation sites (N-methyl/N-ethyl adjacent to an activating group) is 1. The minimum atomic E-state index is -0.382. The van der Waals surface area contributed by atoms with Crippen molar-refractivity contribution in [2.75, 3.05) is 20.1 Å². The van der Waals surface area contributed by atoms with Crippen LogP contribution >= 0.6 is 0 Å². The zero-order valence-corrected chi connectivity index (χ0v) is 15.8. The van der Waals surface area contributed by atoms with Crippen molar-refractivity contribution < 1.29 is 9.59 Å². The Balaban J connectivity index is 1.80. The molecule has 0 spiro atoms. The molecule has 2 amide bonds. The summed E-state index contributed by atoms with van der Waals surface area (Å²) in [5.41, 5.74) is 1.94. The van der Waals surface area contributed by atoms with E-state index in [0.717, 1.165) is 11.3 Å². The van der Waals surface area contributed by atoms with E-state index in [2.05, 4.69) is 10.2 Å². The predicted molar refractivity (Wildman–Crippen MR) is 96.0 cm³/mol. The van der Waals surface area contributed by atoms with E-state index in [1.807, 2.05) is 33.2 Å². The molecule has 140 valence electrons. The third-order valence-electron chi connectivity index (χ3n) is 5.28. The number of hydrogen-bond acceptors (Lipinski definition) is 4. The molecule has 1 aliphatic heterocycles. The van der Waals surface area contributed by atoms with E-state index in [9.17, 15) is 9.59 Å². The number of aromatic nitrogens is 4. The van der Waals surface area contributed by atoms with E-state index in [1.165, 1.54) is 0 Å². The summed E-state index contributed by atoms with van der Waals surface area (Å²) in [6.07, 6.45) is 5.62. The van der Waals surface area contributed by atoms with Gasteiger partial charge in [0, 0.05) is 57.3 Å². The number of likely N-dealkylation sites (tertiary alicyclic amines) is 1. The zero-order valence-electron chi connectivity index (χ0n) is 15.8. The van der Waals surface area contributed by atoms with Crippen molar-refractivity contribution in [1.82, 2.24) is 29.4 Å². The van der Waals surface area contributed by atoms with Gasteiger partial charge in [0.15, 0.2) is 0 Å². The van der Waals surface area contributed by atoms with Crippen LogP contribution in [0, 0.1) is 12.8 Å². The monoisotopic (exact) mass is 358 g/mol. The Morgan fingerprint density at radius 3 is 2.73 bits per heavy atom. The van der Waals surface area contributed by atoms with Crippen LogP contribution in [0.3, 0.4) is 0 Å². The summed E-state index contributed by atoms with van der Waals surface area (Å²) in [7, 11) is 3.66. The topological polar surface area (TPSA) is 76.3 Å². The fourth-order valence-corrected chi connectivity index (χ4v) is 3.65. The van der Waals surface area contributed by atoms with Gasteiger partial charge in [0.1, 0.15) is 0 Å². The number of hydrogen-bond donors (Lipinski definition) is 0. The third-order valence-corrected chi connectivity index (χ3v) is 5.28. The minimum absolute atomic E-state index is 0.00490. The summed E-state index contributed by atoms with van der Waals surface area (Å²) in [5, 5.41) is 8.47. The highest BCUT2D eigenvalue weighted by Gasteiger charge is 2.45. The molecule has 26 heavy (non-hydrogen) atoms. The second-order valence-corrected chi connectivity index (χ2v) is 6.77. The number of nitrogens with zero attached hydrogens (tertiary/aromatic N) is 6. The van der Waals surface area contributed by atoms with Gasteiger partial charge in [-0.2, -0.15) is 10.2 Å². The highest BCUT2D eigenvalue weighted by atomic mass is 16.2. The molecule has 0 aliphatic carbocycles. The maximum absolute atomic E-state index is 13.1. The Labute approximate surface area is 153 Å². The Kier molecular flexibility index (Phi) is 5.11. The van der Waals surface area contributed by atoms with Crippen LogP contribution < -0.4 is 0 Å². The molecule has 2 aromatic rings. The van der Waals surface area contributed by atoms with Crippen LogP contribution in [0.5, 0.6) is 0 Å². The molecular weight excluding hydrogens is 332 g/mol. The van der Waals surface area contributed by atoms with Crippen molar-refractivity contribution in [1.29, 1.82) is 0 Å². The van der Waals surface area contributed by atoms with E-state index < -0.39 is 0 Å². The number of amides is 2. The van der Waals surface area contributed by atoms with Crippen LogP contribution in [0.2, 0.25) is 0 Å². The molecule has 8 nitrogen and oxygen atoms in total. The first kappa shape index (κ1) is 18.2. The van der Waals surface area contributed by atoms with Gasteiger partial charge in [-0.3, -0.25) is 19.0 Å². The average molecular weight is 358 g/mol. The van der Waals surface area contributed by atoms with Crippen molar-refractivity contribution >= 4 is 11.8 Å². The van der Waals surface area contributed by atoms with Crippen LogP contribution in [0.4, 0.5) is 0 Å². The lowest BCUT2D eigenvalue weighted by Crippen LogP contribution is -2.38. The van der Waals surface area contributed by atoms with Gasteiger partial charge in [0.05, 0.1) is 24.7 Å². The van der Waals surface area contributed by atoms with Crippen molar-refractivity contribution in [3.63, 3.8) is 0 Å². The summed E-state index contributed by atoms with van der Waals surface area (Å²) in [6, 6.07) is 1.61. The lowest BCUT2D eigenvalue weighted by Gasteiger charge is -2.29. The van der Waals surface area contributed by atoms with Gasteiger partial charge in [0.2, 0.25) is 11.8 Å². The van der Waals surface area contributed by atoms with Gasteiger partial charge in [-0.25, -0.2) is 0 Å². The Hall–Kier alpha value is -2.64. The molecule has 0 bridgehead atoms. The molecule has 0 N–H and O–H groups in total. The number of carbonyl (C=O) groups is 2. The van der Waals surface area contributed by atoms with Gasteiger partial charge < -0.3 is 9.80 Å². The first-order chi connectivity index (χ1) is 12.4. The summed E-state index contributed by atoms with van der Waals surface area (Å²) in [5.74, 6) is -0.359. The number of carbonyl (C=O) groups excluding carboxylic acids is 2. The van der Waals surface area contributed by atoms with E-state index in [1.54, 1.807) is 38.6 Å². The largest absolute Gasteiger partial charge is 0.344 e. The second-order valence-electron chi connectivity index (χ2n) is 6.77. The fraction of sp³-hybridized carbons (Fsp3) is 0.556. The van der Waals surface area contributed by atoms with Crippen molar-refractivity contribution in [2.45, 2.75) is 32.9 Å². The molecule has 0 saturated carbocycles. The molecule has 0 radical (unpaired) electrons. The molecule has 8 heteroatoms. The molecule has 1 fully saturated rings. The minimum Gasteiger partial charge on any atom is -0.344 e. The summed E-state index contributed by atoms with van der Waals surface area (Å²) in [6.45, 7) is 5.69. The first-order valence-electron chi connectivity index (χ1n) is 8.94. The van der Waals surface area contributed by atoms with E-state index in [0.29, 0.717) is 19.6 Å². The normalized spacial score (nSPS) is 20.0. The second kappa shape index (κ2) is 7.31. The van der Waals surface area contributed by atoms with Crippen molar-refractivity contribution in [3.8, 4) is 0 Å². The van der Waals surface area contributed by atoms with Gasteiger partial charge in [0.25, 0.3) is 0 Å². The van der Waals surface area contributed by atoms with Crippen molar-refractivity contribution in [3.05, 3.63) is 35.9 Å². The number of aryl methyl sites for hydroxylation is 1. The lowest BCUT2D eigenvalue weighted by molar-refractivity contribution is -0.135. The lowest BCUT2D eigenvalue weighted by atomic mass is 9.92. The van der Waals surface area contributed by atoms with Crippen molar-refractivity contribution in [2.24, 2.45) is 13.0 Å². The number of rotatable bonds is 6. The SMILES string of the molecule is CCN1C(=O)C[C@H](C(=O)N(C)CCn2cccn2)[C@H]1c1cnn(C)c1C.